The van der Waals surface area contributed by atoms with Crippen molar-refractivity contribution >= 4 is 22.6 Å². The van der Waals surface area contributed by atoms with E-state index in [2.05, 4.69) is 34.8 Å². The number of hydrogen-bond acceptors (Lipinski definition) is 1. The molecule has 0 aliphatic carbocycles. The Kier molecular flexibility index (Phi) is 5.40. The normalized spacial score (nSPS) is 10.5. The molecule has 0 spiro atoms. The van der Waals surface area contributed by atoms with Crippen LogP contribution in [0.1, 0.15) is 18.9 Å². The van der Waals surface area contributed by atoms with Crippen molar-refractivity contribution in [3.05, 3.63) is 33.1 Å². The maximum Gasteiger partial charge on any atom is 0.127 e. The lowest BCUT2D eigenvalue weighted by atomic mass is 10.1. The molecule has 3 heteroatoms. The van der Waals surface area contributed by atoms with E-state index < -0.39 is 0 Å². The summed E-state index contributed by atoms with van der Waals surface area (Å²) in [7, 11) is 0. The van der Waals surface area contributed by atoms with Crippen molar-refractivity contribution in [3.8, 4) is 0 Å². The topological polar surface area (TPSA) is 12.0 Å². The zero-order valence-corrected chi connectivity index (χ0v) is 10.5. The second-order valence-corrected chi connectivity index (χ2v) is 4.44. The minimum Gasteiger partial charge on any atom is -0.317 e. The standard InChI is InChI=1S/C11H15FIN/c1-2-14-7-3-4-9-5-6-10(13)8-11(9)12/h5-6,8,14H,2-4,7H2,1H3. The Morgan fingerprint density at radius 1 is 1.43 bits per heavy atom. The molecule has 0 saturated heterocycles. The van der Waals surface area contributed by atoms with Crippen molar-refractivity contribution in [3.63, 3.8) is 0 Å². The van der Waals surface area contributed by atoms with E-state index in [1.807, 2.05) is 12.1 Å². The molecule has 0 heterocycles. The van der Waals surface area contributed by atoms with Crippen LogP contribution in [-0.2, 0) is 6.42 Å². The fourth-order valence-corrected chi connectivity index (χ4v) is 1.76. The Labute approximate surface area is 98.2 Å². The maximum atomic E-state index is 13.3. The van der Waals surface area contributed by atoms with E-state index >= 15 is 0 Å². The van der Waals surface area contributed by atoms with Gasteiger partial charge in [0.15, 0.2) is 0 Å². The van der Waals surface area contributed by atoms with Crippen molar-refractivity contribution < 1.29 is 4.39 Å². The molecule has 1 N–H and O–H groups in total. The van der Waals surface area contributed by atoms with Crippen LogP contribution in [0.25, 0.3) is 0 Å². The first-order chi connectivity index (χ1) is 6.74. The van der Waals surface area contributed by atoms with Gasteiger partial charge in [-0.3, -0.25) is 0 Å². The molecule has 0 aliphatic rings. The molecule has 0 radical (unpaired) electrons. The van der Waals surface area contributed by atoms with E-state index in [0.29, 0.717) is 0 Å². The highest BCUT2D eigenvalue weighted by molar-refractivity contribution is 14.1. The van der Waals surface area contributed by atoms with Crippen LogP contribution >= 0.6 is 22.6 Å². The lowest BCUT2D eigenvalue weighted by Gasteiger charge is -2.04. The van der Waals surface area contributed by atoms with Gasteiger partial charge in [-0.1, -0.05) is 13.0 Å². The Bertz CT molecular complexity index is 289. The number of nitrogens with one attached hydrogen (secondary N) is 1. The predicted octanol–water partition coefficient (Wildman–Crippen LogP) is 2.97. The van der Waals surface area contributed by atoms with E-state index in [1.54, 1.807) is 6.07 Å². The van der Waals surface area contributed by atoms with Crippen molar-refractivity contribution in [1.82, 2.24) is 5.32 Å². The Morgan fingerprint density at radius 2 is 2.21 bits per heavy atom. The van der Waals surface area contributed by atoms with Gasteiger partial charge in [-0.2, -0.15) is 0 Å². The minimum atomic E-state index is -0.0756. The SMILES string of the molecule is CCNCCCc1ccc(I)cc1F. The molecule has 0 fully saturated rings. The van der Waals surface area contributed by atoms with Gasteiger partial charge < -0.3 is 5.32 Å². The van der Waals surface area contributed by atoms with Gasteiger partial charge >= 0.3 is 0 Å². The molecule has 1 rings (SSSR count). The fraction of sp³-hybridized carbons (Fsp3) is 0.455. The monoisotopic (exact) mass is 307 g/mol. The second-order valence-electron chi connectivity index (χ2n) is 3.19. The van der Waals surface area contributed by atoms with Gasteiger partial charge in [0.25, 0.3) is 0 Å². The lowest BCUT2D eigenvalue weighted by Crippen LogP contribution is -2.14. The zero-order chi connectivity index (χ0) is 10.4. The fourth-order valence-electron chi connectivity index (χ4n) is 1.31. The first kappa shape index (κ1) is 11.9. The third-order valence-electron chi connectivity index (χ3n) is 2.06. The molecular formula is C11H15FIN. The first-order valence-corrected chi connectivity index (χ1v) is 5.96. The van der Waals surface area contributed by atoms with Gasteiger partial charge in [0.05, 0.1) is 0 Å². The van der Waals surface area contributed by atoms with Crippen molar-refractivity contribution in [2.75, 3.05) is 13.1 Å². The van der Waals surface area contributed by atoms with E-state index in [-0.39, 0.29) is 5.82 Å². The van der Waals surface area contributed by atoms with Crippen LogP contribution in [0, 0.1) is 9.39 Å². The molecular weight excluding hydrogens is 292 g/mol. The summed E-state index contributed by atoms with van der Waals surface area (Å²) < 4.78 is 14.3. The van der Waals surface area contributed by atoms with Gasteiger partial charge in [-0.15, -0.1) is 0 Å². The molecule has 0 unspecified atom stereocenters. The van der Waals surface area contributed by atoms with Gasteiger partial charge in [0.1, 0.15) is 5.82 Å². The summed E-state index contributed by atoms with van der Waals surface area (Å²) in [5, 5.41) is 3.23. The molecule has 1 aromatic carbocycles. The molecule has 1 aromatic rings. The second kappa shape index (κ2) is 6.35. The Morgan fingerprint density at radius 3 is 2.86 bits per heavy atom. The molecule has 0 atom stereocenters. The van der Waals surface area contributed by atoms with Gasteiger partial charge in [0, 0.05) is 3.57 Å². The lowest BCUT2D eigenvalue weighted by molar-refractivity contribution is 0.595. The summed E-state index contributed by atoms with van der Waals surface area (Å²) in [6.07, 6.45) is 1.81. The van der Waals surface area contributed by atoms with Gasteiger partial charge in [-0.05, 0) is 66.2 Å². The van der Waals surface area contributed by atoms with E-state index in [9.17, 15) is 4.39 Å². The molecule has 1 nitrogen and oxygen atoms in total. The third-order valence-corrected chi connectivity index (χ3v) is 2.74. The predicted molar refractivity (Wildman–Crippen MR) is 66.0 cm³/mol. The number of hydrogen-bond donors (Lipinski definition) is 1. The van der Waals surface area contributed by atoms with Gasteiger partial charge in [0.2, 0.25) is 0 Å². The van der Waals surface area contributed by atoms with E-state index in [1.165, 1.54) is 0 Å². The third kappa shape index (κ3) is 3.92. The summed E-state index contributed by atoms with van der Waals surface area (Å²) >= 11 is 2.12. The van der Waals surface area contributed by atoms with Crippen LogP contribution in [0.15, 0.2) is 18.2 Å². The highest BCUT2D eigenvalue weighted by Gasteiger charge is 2.01. The average molecular weight is 307 g/mol. The molecule has 0 bridgehead atoms. The van der Waals surface area contributed by atoms with Crippen LogP contribution in [0.3, 0.4) is 0 Å². The van der Waals surface area contributed by atoms with E-state index in [4.69, 9.17) is 0 Å². The Hall–Kier alpha value is -0.160. The quantitative estimate of drug-likeness (QED) is 0.651. The first-order valence-electron chi connectivity index (χ1n) is 4.88. The molecule has 0 aliphatic heterocycles. The number of benzene rings is 1. The van der Waals surface area contributed by atoms with Crippen LogP contribution in [-0.4, -0.2) is 13.1 Å². The molecule has 0 saturated carbocycles. The van der Waals surface area contributed by atoms with E-state index in [0.717, 1.165) is 35.1 Å². The van der Waals surface area contributed by atoms with Crippen LogP contribution < -0.4 is 5.32 Å². The number of rotatable bonds is 5. The summed E-state index contributed by atoms with van der Waals surface area (Å²) in [6, 6.07) is 5.42. The highest BCUT2D eigenvalue weighted by Crippen LogP contribution is 2.13. The largest absolute Gasteiger partial charge is 0.317 e. The minimum absolute atomic E-state index is 0.0756. The summed E-state index contributed by atoms with van der Waals surface area (Å²) in [5.41, 5.74) is 0.823. The van der Waals surface area contributed by atoms with Crippen LogP contribution in [0.2, 0.25) is 0 Å². The Balaban J connectivity index is 2.42. The molecule has 0 aromatic heterocycles. The van der Waals surface area contributed by atoms with Crippen LogP contribution in [0.4, 0.5) is 4.39 Å². The van der Waals surface area contributed by atoms with Gasteiger partial charge in [-0.25, -0.2) is 4.39 Å². The highest BCUT2D eigenvalue weighted by atomic mass is 127. The van der Waals surface area contributed by atoms with Crippen LogP contribution in [0.5, 0.6) is 0 Å². The summed E-state index contributed by atoms with van der Waals surface area (Å²) in [5.74, 6) is -0.0756. The van der Waals surface area contributed by atoms with Crippen molar-refractivity contribution in [2.24, 2.45) is 0 Å². The summed E-state index contributed by atoms with van der Waals surface area (Å²) in [6.45, 7) is 4.02. The average Bonchev–Trinajstić information content (AvgIpc) is 2.15. The summed E-state index contributed by atoms with van der Waals surface area (Å²) in [4.78, 5) is 0. The zero-order valence-electron chi connectivity index (χ0n) is 8.32. The molecule has 78 valence electrons. The van der Waals surface area contributed by atoms with Crippen molar-refractivity contribution in [2.45, 2.75) is 19.8 Å². The number of halogens is 2. The molecule has 14 heavy (non-hydrogen) atoms. The smallest absolute Gasteiger partial charge is 0.127 e. The molecule has 0 amide bonds. The maximum absolute atomic E-state index is 13.3. The van der Waals surface area contributed by atoms with Crippen molar-refractivity contribution in [1.29, 1.82) is 0 Å². The number of aryl methyl sites for hydroxylation is 1.